The summed E-state index contributed by atoms with van der Waals surface area (Å²) in [4.78, 5) is 0. The molecule has 0 aromatic heterocycles. The highest BCUT2D eigenvalue weighted by atomic mass is 16.5. The van der Waals surface area contributed by atoms with Crippen molar-refractivity contribution < 1.29 is 4.74 Å². The minimum absolute atomic E-state index is 0.452. The van der Waals surface area contributed by atoms with Crippen LogP contribution in [-0.2, 0) is 0 Å². The predicted molar refractivity (Wildman–Crippen MR) is 71.6 cm³/mol. The smallest absolute Gasteiger partial charge is 0.126 e. The lowest BCUT2D eigenvalue weighted by atomic mass is 9.88. The maximum Gasteiger partial charge on any atom is 0.126 e. The highest BCUT2D eigenvalue weighted by Crippen LogP contribution is 2.35. The minimum Gasteiger partial charge on any atom is -0.496 e. The molecule has 0 amide bonds. The number of hydrogen-bond acceptors (Lipinski definition) is 2. The third-order valence-electron chi connectivity index (χ3n) is 3.95. The van der Waals surface area contributed by atoms with E-state index < -0.39 is 0 Å². The van der Waals surface area contributed by atoms with Gasteiger partial charge in [-0.25, -0.2) is 0 Å². The van der Waals surface area contributed by atoms with Gasteiger partial charge in [0.2, 0.25) is 0 Å². The summed E-state index contributed by atoms with van der Waals surface area (Å²) in [5.41, 5.74) is 3.89. The molecule has 1 heterocycles. The number of aryl methyl sites for hydroxylation is 1. The molecule has 94 valence electrons. The molecule has 0 aliphatic carbocycles. The first-order valence-electron chi connectivity index (χ1n) is 6.51. The van der Waals surface area contributed by atoms with E-state index in [0.29, 0.717) is 6.04 Å². The molecule has 0 saturated carbocycles. The molecule has 1 saturated heterocycles. The standard InChI is InChI=1S/C15H23NO/c1-10-7-8-16-14(9-10)13-6-5-11(2)12(3)15(13)17-4/h5-6,10,14,16H,7-9H2,1-4H3. The Morgan fingerprint density at radius 3 is 2.71 bits per heavy atom. The van der Waals surface area contributed by atoms with Crippen LogP contribution in [0.1, 0.15) is 42.5 Å². The van der Waals surface area contributed by atoms with Crippen LogP contribution in [-0.4, -0.2) is 13.7 Å². The van der Waals surface area contributed by atoms with E-state index in [1.54, 1.807) is 7.11 Å². The zero-order valence-electron chi connectivity index (χ0n) is 11.3. The first kappa shape index (κ1) is 12.4. The molecule has 1 fully saturated rings. The highest BCUT2D eigenvalue weighted by molar-refractivity contribution is 5.46. The number of piperidine rings is 1. The number of nitrogens with one attached hydrogen (secondary N) is 1. The average Bonchev–Trinajstić information content (AvgIpc) is 2.32. The van der Waals surface area contributed by atoms with Crippen molar-refractivity contribution in [3.63, 3.8) is 0 Å². The van der Waals surface area contributed by atoms with Gasteiger partial charge in [0.1, 0.15) is 5.75 Å². The first-order valence-corrected chi connectivity index (χ1v) is 6.51. The van der Waals surface area contributed by atoms with E-state index >= 15 is 0 Å². The van der Waals surface area contributed by atoms with Crippen LogP contribution in [0, 0.1) is 19.8 Å². The number of methoxy groups -OCH3 is 1. The predicted octanol–water partition coefficient (Wildman–Crippen LogP) is 3.37. The maximum absolute atomic E-state index is 5.61. The van der Waals surface area contributed by atoms with Gasteiger partial charge < -0.3 is 10.1 Å². The number of benzene rings is 1. The van der Waals surface area contributed by atoms with Gasteiger partial charge in [0, 0.05) is 11.6 Å². The molecule has 2 unspecified atom stereocenters. The van der Waals surface area contributed by atoms with Crippen molar-refractivity contribution in [3.05, 3.63) is 28.8 Å². The van der Waals surface area contributed by atoms with Crippen LogP contribution in [0.5, 0.6) is 5.75 Å². The van der Waals surface area contributed by atoms with Crippen molar-refractivity contribution in [2.45, 2.75) is 39.7 Å². The van der Waals surface area contributed by atoms with Crippen molar-refractivity contribution in [2.75, 3.05) is 13.7 Å². The summed E-state index contributed by atoms with van der Waals surface area (Å²) in [6.07, 6.45) is 2.49. The molecule has 2 nitrogen and oxygen atoms in total. The van der Waals surface area contributed by atoms with E-state index in [1.807, 2.05) is 0 Å². The molecule has 1 aliphatic rings. The van der Waals surface area contributed by atoms with E-state index in [1.165, 1.54) is 29.5 Å². The summed E-state index contributed by atoms with van der Waals surface area (Å²) < 4.78 is 5.61. The second-order valence-electron chi connectivity index (χ2n) is 5.27. The monoisotopic (exact) mass is 233 g/mol. The fraction of sp³-hybridized carbons (Fsp3) is 0.600. The normalized spacial score (nSPS) is 24.7. The topological polar surface area (TPSA) is 21.3 Å². The van der Waals surface area contributed by atoms with Crippen LogP contribution in [0.15, 0.2) is 12.1 Å². The Bertz CT molecular complexity index is 400. The highest BCUT2D eigenvalue weighted by Gasteiger charge is 2.23. The molecule has 2 atom stereocenters. The Kier molecular flexibility index (Phi) is 3.72. The lowest BCUT2D eigenvalue weighted by molar-refractivity contribution is 0.314. The lowest BCUT2D eigenvalue weighted by Crippen LogP contribution is -2.31. The molecular weight excluding hydrogens is 210 g/mol. The average molecular weight is 233 g/mol. The summed E-state index contributed by atoms with van der Waals surface area (Å²) >= 11 is 0. The molecule has 17 heavy (non-hydrogen) atoms. The number of rotatable bonds is 2. The second-order valence-corrected chi connectivity index (χ2v) is 5.27. The molecule has 0 bridgehead atoms. The van der Waals surface area contributed by atoms with E-state index in [-0.39, 0.29) is 0 Å². The van der Waals surface area contributed by atoms with Gasteiger partial charge in [0.15, 0.2) is 0 Å². The Morgan fingerprint density at radius 1 is 1.29 bits per heavy atom. The Balaban J connectivity index is 2.34. The summed E-state index contributed by atoms with van der Waals surface area (Å²) in [6, 6.07) is 4.87. The van der Waals surface area contributed by atoms with Crippen molar-refractivity contribution in [2.24, 2.45) is 5.92 Å². The third-order valence-corrected chi connectivity index (χ3v) is 3.95. The van der Waals surface area contributed by atoms with Gasteiger partial charge in [-0.3, -0.25) is 0 Å². The van der Waals surface area contributed by atoms with E-state index in [9.17, 15) is 0 Å². The van der Waals surface area contributed by atoms with Crippen LogP contribution in [0.3, 0.4) is 0 Å². The molecule has 0 spiro atoms. The fourth-order valence-electron chi connectivity index (χ4n) is 2.70. The van der Waals surface area contributed by atoms with E-state index in [4.69, 9.17) is 4.74 Å². The molecule has 1 aromatic rings. The Labute approximate surface area is 104 Å². The van der Waals surface area contributed by atoms with Gasteiger partial charge >= 0.3 is 0 Å². The van der Waals surface area contributed by atoms with Crippen molar-refractivity contribution >= 4 is 0 Å². The van der Waals surface area contributed by atoms with Crippen LogP contribution in [0.4, 0.5) is 0 Å². The van der Waals surface area contributed by atoms with Crippen LogP contribution in [0.2, 0.25) is 0 Å². The number of ether oxygens (including phenoxy) is 1. The summed E-state index contributed by atoms with van der Waals surface area (Å²) in [6.45, 7) is 7.73. The maximum atomic E-state index is 5.61. The molecule has 1 aromatic carbocycles. The van der Waals surface area contributed by atoms with Gasteiger partial charge in [-0.1, -0.05) is 19.1 Å². The van der Waals surface area contributed by atoms with Gasteiger partial charge in [-0.05, 0) is 50.3 Å². The first-order chi connectivity index (χ1) is 8.13. The second kappa shape index (κ2) is 5.09. The van der Waals surface area contributed by atoms with Crippen molar-refractivity contribution in [3.8, 4) is 5.75 Å². The summed E-state index contributed by atoms with van der Waals surface area (Å²) in [5.74, 6) is 1.86. The molecule has 1 aliphatic heterocycles. The van der Waals surface area contributed by atoms with Crippen molar-refractivity contribution in [1.82, 2.24) is 5.32 Å². The molecule has 1 N–H and O–H groups in total. The fourth-order valence-corrected chi connectivity index (χ4v) is 2.70. The zero-order valence-corrected chi connectivity index (χ0v) is 11.3. The lowest BCUT2D eigenvalue weighted by Gasteiger charge is -2.30. The Hall–Kier alpha value is -1.02. The minimum atomic E-state index is 0.452. The number of hydrogen-bond donors (Lipinski definition) is 1. The van der Waals surface area contributed by atoms with Gasteiger partial charge in [-0.2, -0.15) is 0 Å². The molecule has 0 radical (unpaired) electrons. The summed E-state index contributed by atoms with van der Waals surface area (Å²) in [5, 5.41) is 3.61. The van der Waals surface area contributed by atoms with Gasteiger partial charge in [-0.15, -0.1) is 0 Å². The zero-order chi connectivity index (χ0) is 12.4. The van der Waals surface area contributed by atoms with Crippen LogP contribution >= 0.6 is 0 Å². The molecule has 2 rings (SSSR count). The SMILES string of the molecule is COc1c(C2CC(C)CCN2)ccc(C)c1C. The Morgan fingerprint density at radius 2 is 2.06 bits per heavy atom. The molecule has 2 heteroatoms. The third kappa shape index (κ3) is 2.47. The van der Waals surface area contributed by atoms with Crippen LogP contribution < -0.4 is 10.1 Å². The van der Waals surface area contributed by atoms with Crippen molar-refractivity contribution in [1.29, 1.82) is 0 Å². The largest absolute Gasteiger partial charge is 0.496 e. The van der Waals surface area contributed by atoms with E-state index in [2.05, 4.69) is 38.2 Å². The van der Waals surface area contributed by atoms with E-state index in [0.717, 1.165) is 18.2 Å². The quantitative estimate of drug-likeness (QED) is 0.845. The van der Waals surface area contributed by atoms with Gasteiger partial charge in [0.05, 0.1) is 7.11 Å². The van der Waals surface area contributed by atoms with Gasteiger partial charge in [0.25, 0.3) is 0 Å². The van der Waals surface area contributed by atoms with Crippen LogP contribution in [0.25, 0.3) is 0 Å². The molecular formula is C15H23NO. The summed E-state index contributed by atoms with van der Waals surface area (Å²) in [7, 11) is 1.78.